The standard InChI is InChI=1S/C21H24FN10O7P2/c22-11-2-15(32-9-30-17-19(24)26-7-28-21(17)32)39-13(11)4-36-40(33)5-10-1-14(38-12(10)3-37-41(34)35)31-8-29-16-18(23)25-6-27-20(16)31/h6-15H,1-5H2,(H4-,23,24,25,26,27,28,34,35)/q+1/p+1/t10-,11-,12?,13-,14-,15-/m1/s1. The Balaban J connectivity index is 1.09. The molecular formula is C21H25FN10O7P2+2. The lowest BCUT2D eigenvalue weighted by atomic mass is 10.0. The highest BCUT2D eigenvalue weighted by molar-refractivity contribution is 7.39. The maximum Gasteiger partial charge on any atom is 0.694 e. The molecule has 0 saturated carbocycles. The number of anilines is 2. The second-order valence-electron chi connectivity index (χ2n) is 9.52. The van der Waals surface area contributed by atoms with Gasteiger partial charge in [0, 0.05) is 23.3 Å². The van der Waals surface area contributed by atoms with Gasteiger partial charge >= 0.3 is 16.3 Å². The fraction of sp³-hybridized carbons (Fsp3) is 0.524. The van der Waals surface area contributed by atoms with Gasteiger partial charge in [0.15, 0.2) is 29.1 Å². The van der Waals surface area contributed by atoms with E-state index in [1.54, 1.807) is 9.13 Å². The van der Waals surface area contributed by atoms with Crippen molar-refractivity contribution in [2.24, 2.45) is 5.92 Å². The van der Waals surface area contributed by atoms with E-state index in [0.29, 0.717) is 28.7 Å². The number of rotatable bonds is 10. The van der Waals surface area contributed by atoms with Crippen LogP contribution in [0.5, 0.6) is 0 Å². The minimum absolute atomic E-state index is 0.0179. The second-order valence-corrected chi connectivity index (χ2v) is 11.5. The summed E-state index contributed by atoms with van der Waals surface area (Å²) >= 11 is 0. The third-order valence-corrected chi connectivity index (χ3v) is 8.61. The summed E-state index contributed by atoms with van der Waals surface area (Å²) in [7, 11) is -5.15. The highest BCUT2D eigenvalue weighted by Gasteiger charge is 2.45. The van der Waals surface area contributed by atoms with E-state index < -0.39 is 53.0 Å². The zero-order valence-electron chi connectivity index (χ0n) is 21.2. The molecule has 0 spiro atoms. The van der Waals surface area contributed by atoms with Crippen LogP contribution in [0.25, 0.3) is 22.3 Å². The Kier molecular flexibility index (Phi) is 7.78. The van der Waals surface area contributed by atoms with Crippen molar-refractivity contribution in [1.82, 2.24) is 39.0 Å². The van der Waals surface area contributed by atoms with E-state index in [-0.39, 0.29) is 37.4 Å². The summed E-state index contributed by atoms with van der Waals surface area (Å²) in [4.78, 5) is 33.7. The number of hydrogen-bond donors (Lipinski definition) is 3. The van der Waals surface area contributed by atoms with Crippen LogP contribution in [0.15, 0.2) is 25.3 Å². The van der Waals surface area contributed by atoms with Gasteiger partial charge in [-0.15, -0.1) is 13.9 Å². The van der Waals surface area contributed by atoms with Crippen LogP contribution in [0, 0.1) is 5.92 Å². The molecule has 2 fully saturated rings. The van der Waals surface area contributed by atoms with E-state index in [1.165, 1.54) is 25.3 Å². The second kappa shape index (κ2) is 11.5. The summed E-state index contributed by atoms with van der Waals surface area (Å²) in [6.07, 6.45) is 1.61. The molecule has 6 heterocycles. The summed E-state index contributed by atoms with van der Waals surface area (Å²) in [6, 6.07) is 0. The summed E-state index contributed by atoms with van der Waals surface area (Å²) in [6.45, 7) is -0.466. The fourth-order valence-electron chi connectivity index (χ4n) is 5.04. The van der Waals surface area contributed by atoms with Gasteiger partial charge in [-0.3, -0.25) is 9.13 Å². The first-order chi connectivity index (χ1) is 19.8. The zero-order chi connectivity index (χ0) is 28.7. The van der Waals surface area contributed by atoms with Gasteiger partial charge in [-0.05, 0) is 4.57 Å². The Morgan fingerprint density at radius 1 is 0.878 bits per heavy atom. The molecule has 4 aromatic rings. The topological polar surface area (TPSA) is 231 Å². The molecule has 0 amide bonds. The van der Waals surface area contributed by atoms with Gasteiger partial charge in [0.05, 0.1) is 18.8 Å². The molecule has 216 valence electrons. The summed E-state index contributed by atoms with van der Waals surface area (Å²) in [5.74, 6) is 0.0147. The number of imidazole rings is 2. The number of hydrogen-bond acceptors (Lipinski definition) is 14. The molecule has 20 heteroatoms. The molecule has 3 unspecified atom stereocenters. The van der Waals surface area contributed by atoms with Crippen molar-refractivity contribution in [3.8, 4) is 0 Å². The summed E-state index contributed by atoms with van der Waals surface area (Å²) < 4.78 is 64.6. The van der Waals surface area contributed by atoms with Crippen molar-refractivity contribution >= 4 is 50.2 Å². The third kappa shape index (κ3) is 5.59. The molecule has 2 saturated heterocycles. The fourth-order valence-corrected chi connectivity index (χ4v) is 6.50. The van der Waals surface area contributed by atoms with Gasteiger partial charge in [0.2, 0.25) is 0 Å². The number of fused-ring (bicyclic) bond motifs is 2. The molecule has 4 aromatic heterocycles. The van der Waals surface area contributed by atoms with Gasteiger partial charge < -0.3 is 20.9 Å². The SMILES string of the molecule is Nc1ncnc2c1ncn2[C@H]1C[C@H](C[P+](=O)OC[C@H]2O[C@@H](n3cnc4c(N)ncnc43)C[C@H]2F)C(CO[P+](=O)O)O1. The zero-order valence-corrected chi connectivity index (χ0v) is 23.0. The molecule has 0 aliphatic carbocycles. The summed E-state index contributed by atoms with van der Waals surface area (Å²) in [5, 5.41) is 0. The highest BCUT2D eigenvalue weighted by Crippen LogP contribution is 2.42. The van der Waals surface area contributed by atoms with Gasteiger partial charge in [-0.25, -0.2) is 34.3 Å². The van der Waals surface area contributed by atoms with E-state index in [9.17, 15) is 13.5 Å². The Bertz CT molecular complexity index is 1610. The van der Waals surface area contributed by atoms with Gasteiger partial charge in [0.25, 0.3) is 0 Å². The lowest BCUT2D eigenvalue weighted by Crippen LogP contribution is -2.25. The lowest BCUT2D eigenvalue weighted by Gasteiger charge is -2.14. The number of nitrogens with two attached hydrogens (primary N) is 2. The number of alkyl halides is 1. The number of nitrogens with zero attached hydrogens (tertiary/aromatic N) is 8. The Labute approximate surface area is 232 Å². The van der Waals surface area contributed by atoms with Crippen LogP contribution >= 0.6 is 16.3 Å². The van der Waals surface area contributed by atoms with E-state index in [0.717, 1.165) is 0 Å². The molecule has 17 nitrogen and oxygen atoms in total. The van der Waals surface area contributed by atoms with Crippen LogP contribution in [0.3, 0.4) is 0 Å². The summed E-state index contributed by atoms with van der Waals surface area (Å²) in [5.41, 5.74) is 13.3. The van der Waals surface area contributed by atoms with Crippen LogP contribution in [-0.2, 0) is 27.7 Å². The minimum Gasteiger partial charge on any atom is -0.382 e. The molecule has 8 atom stereocenters. The van der Waals surface area contributed by atoms with Gasteiger partial charge in [-0.2, -0.15) is 0 Å². The number of halogens is 1. The first-order valence-corrected chi connectivity index (χ1v) is 15.0. The first-order valence-electron chi connectivity index (χ1n) is 12.5. The van der Waals surface area contributed by atoms with Crippen molar-refractivity contribution in [3.63, 3.8) is 0 Å². The lowest BCUT2D eigenvalue weighted by molar-refractivity contribution is -0.0271. The Hall–Kier alpha value is -3.37. The van der Waals surface area contributed by atoms with Crippen LogP contribution in [0.1, 0.15) is 25.3 Å². The van der Waals surface area contributed by atoms with Gasteiger partial charge in [-0.1, -0.05) is 0 Å². The van der Waals surface area contributed by atoms with Crippen LogP contribution in [0.2, 0.25) is 0 Å². The number of aromatic nitrogens is 8. The average Bonchev–Trinajstić information content (AvgIpc) is 3.72. The van der Waals surface area contributed by atoms with Crippen molar-refractivity contribution < 1.29 is 36.9 Å². The monoisotopic (exact) mass is 610 g/mol. The Morgan fingerprint density at radius 2 is 1.44 bits per heavy atom. The molecule has 5 N–H and O–H groups in total. The maximum atomic E-state index is 14.9. The van der Waals surface area contributed by atoms with Crippen molar-refractivity contribution in [3.05, 3.63) is 25.3 Å². The molecule has 6 rings (SSSR count). The van der Waals surface area contributed by atoms with Crippen molar-refractivity contribution in [2.45, 2.75) is 43.7 Å². The Morgan fingerprint density at radius 3 is 2.05 bits per heavy atom. The van der Waals surface area contributed by atoms with Crippen LogP contribution in [-0.4, -0.2) is 81.7 Å². The van der Waals surface area contributed by atoms with Gasteiger partial charge in [0.1, 0.15) is 61.6 Å². The van der Waals surface area contributed by atoms with E-state index in [4.69, 9.17) is 34.9 Å². The largest absolute Gasteiger partial charge is 0.694 e. The predicted octanol–water partition coefficient (Wildman–Crippen LogP) is 1.79. The normalized spacial score (nSPS) is 27.2. The van der Waals surface area contributed by atoms with E-state index in [2.05, 4.69) is 29.9 Å². The smallest absolute Gasteiger partial charge is 0.382 e. The highest BCUT2D eigenvalue weighted by atomic mass is 31.1. The minimum atomic E-state index is -2.87. The van der Waals surface area contributed by atoms with E-state index >= 15 is 0 Å². The molecule has 0 radical (unpaired) electrons. The van der Waals surface area contributed by atoms with E-state index in [1.807, 2.05) is 0 Å². The molecular weight excluding hydrogens is 585 g/mol. The van der Waals surface area contributed by atoms with Crippen molar-refractivity contribution in [1.29, 1.82) is 0 Å². The maximum absolute atomic E-state index is 14.9. The molecule has 0 bridgehead atoms. The van der Waals surface area contributed by atoms with Crippen LogP contribution < -0.4 is 11.5 Å². The molecule has 41 heavy (non-hydrogen) atoms. The third-order valence-electron chi connectivity index (χ3n) is 7.03. The predicted molar refractivity (Wildman–Crippen MR) is 139 cm³/mol. The van der Waals surface area contributed by atoms with Crippen molar-refractivity contribution in [2.75, 3.05) is 30.8 Å². The first kappa shape index (κ1) is 27.8. The quantitative estimate of drug-likeness (QED) is 0.217. The molecule has 2 aliphatic heterocycles. The van der Waals surface area contributed by atoms with Crippen LogP contribution in [0.4, 0.5) is 16.0 Å². The molecule has 2 aliphatic rings. The molecule has 0 aromatic carbocycles. The number of nitrogen functional groups attached to an aromatic ring is 2. The average molecular weight is 610 g/mol. The number of ether oxygens (including phenoxy) is 2.